The third-order valence-electron chi connectivity index (χ3n) is 3.67. The molecule has 0 radical (unpaired) electrons. The summed E-state index contributed by atoms with van der Waals surface area (Å²) in [6.07, 6.45) is -0.973. The van der Waals surface area contributed by atoms with Crippen LogP contribution in [-0.4, -0.2) is 55.4 Å². The van der Waals surface area contributed by atoms with Crippen molar-refractivity contribution in [3.63, 3.8) is 0 Å². The van der Waals surface area contributed by atoms with Gasteiger partial charge < -0.3 is 0 Å². The normalized spacial score (nSPS) is 11.2. The Bertz CT molecular complexity index is 745. The van der Waals surface area contributed by atoms with E-state index in [2.05, 4.69) is 5.32 Å². The molecule has 1 aromatic rings. The largest absolute Gasteiger partial charge is 1.00 e. The van der Waals surface area contributed by atoms with Gasteiger partial charge in [0.2, 0.25) is 0 Å². The quantitative estimate of drug-likeness (QED) is 0.186. The Morgan fingerprint density at radius 2 is 1.69 bits per heavy atom. The van der Waals surface area contributed by atoms with Crippen molar-refractivity contribution in [3.8, 4) is 5.75 Å². The fraction of sp³-hybridized carbons (Fsp3) is 0.412. The van der Waals surface area contributed by atoms with Crippen LogP contribution in [0.15, 0.2) is 24.3 Å². The summed E-state index contributed by atoms with van der Waals surface area (Å²) in [5, 5.41) is 33.6. The van der Waals surface area contributed by atoms with Gasteiger partial charge >= 0.3 is 271 Å². The number of amides is 1. The van der Waals surface area contributed by atoms with Gasteiger partial charge in [0.1, 0.15) is 0 Å². The van der Waals surface area contributed by atoms with Gasteiger partial charge in [-0.1, -0.05) is 0 Å². The molecule has 10 nitrogen and oxygen atoms in total. The second kappa shape index (κ2) is 21.4. The molecule has 0 aliphatic rings. The number of para-hydroxylation sites is 1. The van der Waals surface area contributed by atoms with Crippen LogP contribution in [0.1, 0.15) is 16.8 Å². The van der Waals surface area contributed by atoms with Crippen molar-refractivity contribution in [1.82, 2.24) is 5.32 Å². The van der Waals surface area contributed by atoms with Crippen LogP contribution in [-0.2, 0) is 42.2 Å². The molecule has 1 rings (SSSR count). The minimum Gasteiger partial charge on any atom is 1.00 e. The summed E-state index contributed by atoms with van der Waals surface area (Å²) in [7, 11) is 2.56. The van der Waals surface area contributed by atoms with Crippen LogP contribution >= 0.6 is 8.24 Å². The van der Waals surface area contributed by atoms with Crippen molar-refractivity contribution in [3.05, 3.63) is 29.8 Å². The van der Waals surface area contributed by atoms with Crippen LogP contribution in [0.3, 0.4) is 0 Å². The van der Waals surface area contributed by atoms with Gasteiger partial charge in [0.05, 0.1) is 0 Å². The molecule has 0 saturated heterocycles. The van der Waals surface area contributed by atoms with Gasteiger partial charge in [0.25, 0.3) is 0 Å². The third kappa shape index (κ3) is 15.9. The number of hydrogen-bond donors (Lipinski definition) is 1. The summed E-state index contributed by atoms with van der Waals surface area (Å²) in [5.74, 6) is -4.70. The van der Waals surface area contributed by atoms with E-state index in [-0.39, 0.29) is 113 Å². The van der Waals surface area contributed by atoms with Crippen LogP contribution in [0.4, 0.5) is 0 Å². The van der Waals surface area contributed by atoms with E-state index < -0.39 is 65.2 Å². The Kier molecular flexibility index (Phi) is 25.2. The van der Waals surface area contributed by atoms with Crippen molar-refractivity contribution in [2.75, 3.05) is 20.3 Å². The van der Waals surface area contributed by atoms with Gasteiger partial charge in [0.15, 0.2) is 0 Å². The zero-order valence-electron chi connectivity index (χ0n) is 18.6. The predicted molar refractivity (Wildman–Crippen MR) is 90.9 cm³/mol. The molecule has 1 aromatic carbocycles. The molecule has 32 heavy (non-hydrogen) atoms. The minimum absolute atomic E-state index is 0. The molecule has 0 heterocycles. The van der Waals surface area contributed by atoms with E-state index in [0.717, 1.165) is 8.24 Å². The number of nitrogens with one attached hydrogen (secondary N) is 1. The van der Waals surface area contributed by atoms with Crippen molar-refractivity contribution in [2.24, 2.45) is 0 Å². The summed E-state index contributed by atoms with van der Waals surface area (Å²) in [6.45, 7) is -0.552. The number of ether oxygens (including phenoxy) is 2. The average Bonchev–Trinajstić information content (AvgIpc) is 2.67. The molecule has 1 N–H and O–H groups in total. The molecule has 15 heteroatoms. The molecule has 1 amide bonds. The summed E-state index contributed by atoms with van der Waals surface area (Å²) in [6, 6.07) is 6.12. The molecule has 0 aliphatic carbocycles. The number of rotatable bonds is 14. The predicted octanol–water partition coefficient (Wildman–Crippen LogP) is -12.0. The topological polar surface area (TPSA) is 168 Å². The molecular weight excluding hydrogens is 664 g/mol. The number of aliphatic carboxylic acids is 3. The fourth-order valence-corrected chi connectivity index (χ4v) is 15.9. The number of carbonyl (C=O) groups excluding carboxylic acids is 4. The molecular formula is C17H18HgNNa3O9S. The maximum Gasteiger partial charge on any atom is 1.00 e. The summed E-state index contributed by atoms with van der Waals surface area (Å²) < 4.78 is 10.9. The first-order chi connectivity index (χ1) is 13.7. The third-order valence-corrected chi connectivity index (χ3v) is 17.6. The molecule has 0 spiro atoms. The average molecular weight is 682 g/mol. The molecule has 156 valence electrons. The van der Waals surface area contributed by atoms with Crippen molar-refractivity contribution in [1.29, 1.82) is 0 Å². The van der Waals surface area contributed by atoms with Crippen LogP contribution in [0.25, 0.3) is 0 Å². The van der Waals surface area contributed by atoms with Crippen LogP contribution in [0.2, 0.25) is 3.93 Å². The minimum atomic E-state index is -1.88. The molecule has 0 fully saturated rings. The second-order valence-corrected chi connectivity index (χ2v) is 18.0. The Labute approximate surface area is 266 Å². The molecule has 2 unspecified atom stereocenters. The second-order valence-electron chi connectivity index (χ2n) is 5.77. The van der Waals surface area contributed by atoms with Crippen molar-refractivity contribution < 1.29 is 156 Å². The van der Waals surface area contributed by atoms with E-state index >= 15 is 0 Å². The van der Waals surface area contributed by atoms with Gasteiger partial charge in [0, 0.05) is 0 Å². The van der Waals surface area contributed by atoms with E-state index in [1.807, 2.05) is 0 Å². The maximum atomic E-state index is 12.4. The van der Waals surface area contributed by atoms with E-state index in [1.165, 1.54) is 19.2 Å². The number of methoxy groups -OCH3 is 1. The number of carbonyl (C=O) groups is 4. The van der Waals surface area contributed by atoms with Crippen LogP contribution in [0.5, 0.6) is 5.75 Å². The zero-order chi connectivity index (χ0) is 21.8. The SMILES string of the molecule is COC(CNC(=O)c1ccccc1OCC(=O)[O-])[CH2][Hg][S]C(CC(=O)[O-])C(=O)[O-].[Na+].[Na+].[Na+]. The van der Waals surface area contributed by atoms with E-state index in [0.29, 0.717) is 3.93 Å². The number of benzene rings is 1. The Morgan fingerprint density at radius 3 is 2.22 bits per heavy atom. The van der Waals surface area contributed by atoms with Crippen molar-refractivity contribution in [2.45, 2.75) is 21.7 Å². The zero-order valence-corrected chi connectivity index (χ0v) is 30.9. The van der Waals surface area contributed by atoms with Crippen molar-refractivity contribution >= 4 is 32.1 Å². The van der Waals surface area contributed by atoms with Gasteiger partial charge in [-0.05, 0) is 0 Å². The van der Waals surface area contributed by atoms with E-state index in [4.69, 9.17) is 9.47 Å². The summed E-state index contributed by atoms with van der Waals surface area (Å²) >= 11 is -1.88. The molecule has 0 aliphatic heterocycles. The fourth-order valence-electron chi connectivity index (χ4n) is 2.23. The smallest absolute Gasteiger partial charge is 1.00 e. The number of carboxylic acid groups (broad SMARTS) is 3. The number of hydrogen-bond acceptors (Lipinski definition) is 10. The first-order valence-electron chi connectivity index (χ1n) is 8.49. The van der Waals surface area contributed by atoms with Gasteiger partial charge in [-0.25, -0.2) is 0 Å². The Hall–Kier alpha value is 1.15. The van der Waals surface area contributed by atoms with Gasteiger partial charge in [-0.2, -0.15) is 0 Å². The first kappa shape index (κ1) is 37.7. The molecule has 0 aromatic heterocycles. The first-order valence-corrected chi connectivity index (χ1v) is 20.2. The maximum absolute atomic E-state index is 12.4. The Balaban J connectivity index is -0.00000280. The van der Waals surface area contributed by atoms with E-state index in [1.54, 1.807) is 12.1 Å². The standard InChI is InChI=1S/C13H16NO5.C4H6O4S.Hg.3Na/c1-9(18-2)7-14-13(17)10-5-3-4-6-11(10)19-8-12(15)16;5-3(6)1-2(9)4(7)8;;;;/h3-6,9H,1,7-8H2,2H3,(H,14,17)(H,15,16);2,9H,1H2,(H,5,6)(H,7,8);;;;/q;;4*+1/p-4. The summed E-state index contributed by atoms with van der Waals surface area (Å²) in [4.78, 5) is 44.4. The molecule has 2 atom stereocenters. The van der Waals surface area contributed by atoms with E-state index in [9.17, 15) is 34.5 Å². The van der Waals surface area contributed by atoms with Gasteiger partial charge in [-0.15, -0.1) is 0 Å². The Morgan fingerprint density at radius 1 is 1.06 bits per heavy atom. The van der Waals surface area contributed by atoms with Crippen LogP contribution < -0.4 is 114 Å². The monoisotopic (exact) mass is 683 g/mol. The summed E-state index contributed by atoms with van der Waals surface area (Å²) in [5.41, 5.74) is 0.147. The molecule has 0 bridgehead atoms. The van der Waals surface area contributed by atoms with Gasteiger partial charge in [-0.3, -0.25) is 0 Å². The molecule has 0 saturated carbocycles. The van der Waals surface area contributed by atoms with Crippen LogP contribution in [0, 0.1) is 0 Å². The number of carboxylic acids is 3.